The van der Waals surface area contributed by atoms with Crippen molar-refractivity contribution in [1.29, 1.82) is 0 Å². The van der Waals surface area contributed by atoms with Gasteiger partial charge in [-0.2, -0.15) is 13.2 Å². The minimum Gasteiger partial charge on any atom is -0.322 e. The standard InChI is InChI=1S/C18H17F3N2OS2/c19-18(20,21)15(12-5-2-1-3-6-12)23-17(24)22-14-8-4-7-13(11-14)16-25-9-10-26-16/h1-8,11,15-16H,9-10H2,(H2,22,23,24). The van der Waals surface area contributed by atoms with Crippen molar-refractivity contribution >= 4 is 35.2 Å². The second kappa shape index (κ2) is 8.26. The summed E-state index contributed by atoms with van der Waals surface area (Å²) in [4.78, 5) is 12.1. The third-order valence-electron chi connectivity index (χ3n) is 3.77. The van der Waals surface area contributed by atoms with Crippen molar-refractivity contribution in [2.75, 3.05) is 16.8 Å². The number of nitrogens with one attached hydrogen (secondary N) is 2. The van der Waals surface area contributed by atoms with Crippen LogP contribution in [0.15, 0.2) is 54.6 Å². The number of thioether (sulfide) groups is 2. The van der Waals surface area contributed by atoms with Crippen molar-refractivity contribution in [1.82, 2.24) is 5.32 Å². The zero-order valence-electron chi connectivity index (χ0n) is 13.6. The smallest absolute Gasteiger partial charge is 0.322 e. The van der Waals surface area contributed by atoms with Gasteiger partial charge in [0.2, 0.25) is 0 Å². The summed E-state index contributed by atoms with van der Waals surface area (Å²) in [5, 5.41) is 4.53. The Hall–Kier alpha value is -1.80. The zero-order chi connectivity index (χ0) is 18.6. The van der Waals surface area contributed by atoms with Crippen molar-refractivity contribution in [3.05, 3.63) is 65.7 Å². The van der Waals surface area contributed by atoms with Crippen LogP contribution in [-0.2, 0) is 0 Å². The van der Waals surface area contributed by atoms with Gasteiger partial charge in [-0.1, -0.05) is 42.5 Å². The Balaban J connectivity index is 1.70. The number of amides is 2. The summed E-state index contributed by atoms with van der Waals surface area (Å²) in [7, 11) is 0. The number of halogens is 3. The molecule has 3 nitrogen and oxygen atoms in total. The first-order chi connectivity index (χ1) is 12.4. The molecule has 2 aromatic rings. The van der Waals surface area contributed by atoms with E-state index in [4.69, 9.17) is 0 Å². The van der Waals surface area contributed by atoms with Crippen LogP contribution in [0.25, 0.3) is 0 Å². The summed E-state index contributed by atoms with van der Waals surface area (Å²) >= 11 is 3.64. The highest BCUT2D eigenvalue weighted by molar-refractivity contribution is 8.19. The summed E-state index contributed by atoms with van der Waals surface area (Å²) in [5.41, 5.74) is 1.51. The first-order valence-electron chi connectivity index (χ1n) is 7.96. The molecule has 2 amide bonds. The monoisotopic (exact) mass is 398 g/mol. The molecule has 1 atom stereocenters. The fourth-order valence-corrected chi connectivity index (χ4v) is 5.45. The lowest BCUT2D eigenvalue weighted by Gasteiger charge is -2.22. The average molecular weight is 398 g/mol. The predicted molar refractivity (Wildman–Crippen MR) is 101 cm³/mol. The summed E-state index contributed by atoms with van der Waals surface area (Å²) in [6.45, 7) is 0. The summed E-state index contributed by atoms with van der Waals surface area (Å²) in [5.74, 6) is 2.13. The Bertz CT molecular complexity index is 750. The van der Waals surface area contributed by atoms with E-state index in [0.29, 0.717) is 10.3 Å². The Morgan fingerprint density at radius 1 is 1.04 bits per heavy atom. The van der Waals surface area contributed by atoms with Crippen LogP contribution in [0.1, 0.15) is 21.8 Å². The molecule has 0 aromatic heterocycles. The van der Waals surface area contributed by atoms with Crippen LogP contribution in [0.4, 0.5) is 23.7 Å². The number of carbonyl (C=O) groups excluding carboxylic acids is 1. The molecule has 0 saturated carbocycles. The first kappa shape index (κ1) is 19.0. The SMILES string of the molecule is O=C(Nc1cccc(C2SCCS2)c1)NC(c1ccccc1)C(F)(F)F. The first-order valence-corrected chi connectivity index (χ1v) is 10.1. The van der Waals surface area contributed by atoms with Gasteiger partial charge < -0.3 is 10.6 Å². The van der Waals surface area contributed by atoms with Gasteiger partial charge >= 0.3 is 12.2 Å². The van der Waals surface area contributed by atoms with Crippen LogP contribution in [0.2, 0.25) is 0 Å². The van der Waals surface area contributed by atoms with Gasteiger partial charge in [-0.3, -0.25) is 0 Å². The molecule has 3 rings (SSSR count). The topological polar surface area (TPSA) is 41.1 Å². The maximum absolute atomic E-state index is 13.3. The van der Waals surface area contributed by atoms with Crippen LogP contribution < -0.4 is 10.6 Å². The molecule has 1 aliphatic heterocycles. The Labute approximate surface area is 158 Å². The van der Waals surface area contributed by atoms with Crippen LogP contribution in [0.5, 0.6) is 0 Å². The summed E-state index contributed by atoms with van der Waals surface area (Å²) in [6.07, 6.45) is -4.59. The number of hydrogen-bond donors (Lipinski definition) is 2. The van der Waals surface area contributed by atoms with Crippen LogP contribution >= 0.6 is 23.5 Å². The molecule has 138 valence electrons. The van der Waals surface area contributed by atoms with E-state index in [0.717, 1.165) is 17.1 Å². The van der Waals surface area contributed by atoms with Gasteiger partial charge in [0.05, 0.1) is 4.58 Å². The zero-order valence-corrected chi connectivity index (χ0v) is 15.3. The molecule has 0 spiro atoms. The molecule has 1 unspecified atom stereocenters. The predicted octanol–water partition coefficient (Wildman–Crippen LogP) is 5.59. The van der Waals surface area contributed by atoms with Gasteiger partial charge in [0, 0.05) is 17.2 Å². The molecule has 8 heteroatoms. The largest absolute Gasteiger partial charge is 0.412 e. The van der Waals surface area contributed by atoms with Crippen LogP contribution in [0, 0.1) is 0 Å². The quantitative estimate of drug-likeness (QED) is 0.705. The lowest BCUT2D eigenvalue weighted by atomic mass is 10.1. The number of rotatable bonds is 4. The fraction of sp³-hybridized carbons (Fsp3) is 0.278. The van der Waals surface area contributed by atoms with E-state index in [9.17, 15) is 18.0 Å². The van der Waals surface area contributed by atoms with Crippen molar-refractivity contribution in [3.63, 3.8) is 0 Å². The van der Waals surface area contributed by atoms with E-state index in [2.05, 4.69) is 5.32 Å². The van der Waals surface area contributed by atoms with E-state index in [1.54, 1.807) is 24.3 Å². The minimum atomic E-state index is -4.59. The van der Waals surface area contributed by atoms with Gasteiger partial charge in [0.1, 0.15) is 0 Å². The van der Waals surface area contributed by atoms with E-state index in [-0.39, 0.29) is 5.56 Å². The summed E-state index contributed by atoms with van der Waals surface area (Å²) < 4.78 is 40.3. The average Bonchev–Trinajstić information content (AvgIpc) is 3.14. The normalized spacial score (nSPS) is 16.3. The third kappa shape index (κ3) is 4.88. The number of urea groups is 1. The minimum absolute atomic E-state index is 0.0114. The van der Waals surface area contributed by atoms with Crippen LogP contribution in [-0.4, -0.2) is 23.7 Å². The van der Waals surface area contributed by atoms with Crippen LogP contribution in [0.3, 0.4) is 0 Å². The second-order valence-corrected chi connectivity index (χ2v) is 8.41. The molecule has 2 aromatic carbocycles. The summed E-state index contributed by atoms with van der Waals surface area (Å²) in [6, 6.07) is 11.6. The van der Waals surface area contributed by atoms with E-state index in [1.165, 1.54) is 24.3 Å². The van der Waals surface area contributed by atoms with Gasteiger partial charge in [-0.25, -0.2) is 4.79 Å². The maximum atomic E-state index is 13.3. The number of hydrogen-bond acceptors (Lipinski definition) is 3. The molecule has 0 radical (unpaired) electrons. The highest BCUT2D eigenvalue weighted by Gasteiger charge is 2.41. The molecular formula is C18H17F3N2OS2. The number of benzene rings is 2. The van der Waals surface area contributed by atoms with Gasteiger partial charge in [-0.15, -0.1) is 23.5 Å². The molecule has 0 aliphatic carbocycles. The number of carbonyl (C=O) groups is 1. The molecule has 1 fully saturated rings. The molecule has 1 aliphatic rings. The Morgan fingerprint density at radius 2 is 1.73 bits per heavy atom. The molecule has 2 N–H and O–H groups in total. The number of anilines is 1. The van der Waals surface area contributed by atoms with Crippen molar-refractivity contribution in [3.8, 4) is 0 Å². The fourth-order valence-electron chi connectivity index (χ4n) is 2.61. The van der Waals surface area contributed by atoms with Crippen molar-refractivity contribution in [2.24, 2.45) is 0 Å². The highest BCUT2D eigenvalue weighted by atomic mass is 32.2. The van der Waals surface area contributed by atoms with E-state index in [1.807, 2.05) is 34.9 Å². The molecule has 1 saturated heterocycles. The van der Waals surface area contributed by atoms with Crippen molar-refractivity contribution in [2.45, 2.75) is 16.8 Å². The Morgan fingerprint density at radius 3 is 2.38 bits per heavy atom. The number of alkyl halides is 3. The maximum Gasteiger partial charge on any atom is 0.412 e. The third-order valence-corrected chi connectivity index (χ3v) is 6.88. The van der Waals surface area contributed by atoms with Gasteiger partial charge in [0.25, 0.3) is 0 Å². The van der Waals surface area contributed by atoms with Gasteiger partial charge in [-0.05, 0) is 23.3 Å². The highest BCUT2D eigenvalue weighted by Crippen LogP contribution is 2.45. The van der Waals surface area contributed by atoms with E-state index < -0.39 is 18.2 Å². The van der Waals surface area contributed by atoms with E-state index >= 15 is 0 Å². The molecular weight excluding hydrogens is 381 g/mol. The molecule has 26 heavy (non-hydrogen) atoms. The van der Waals surface area contributed by atoms with Gasteiger partial charge in [0.15, 0.2) is 6.04 Å². The van der Waals surface area contributed by atoms with Crippen molar-refractivity contribution < 1.29 is 18.0 Å². The molecule has 1 heterocycles. The second-order valence-electron chi connectivity index (χ2n) is 5.68. The lowest BCUT2D eigenvalue weighted by molar-refractivity contribution is -0.154. The molecule has 0 bridgehead atoms. The Kier molecular flexibility index (Phi) is 6.03. The lowest BCUT2D eigenvalue weighted by Crippen LogP contribution is -2.40.